The van der Waals surface area contributed by atoms with E-state index >= 15 is 0 Å². The summed E-state index contributed by atoms with van der Waals surface area (Å²) < 4.78 is 26.6. The third-order valence-electron chi connectivity index (χ3n) is 2.46. The van der Waals surface area contributed by atoms with Crippen LogP contribution in [0.5, 0.6) is 0 Å². The summed E-state index contributed by atoms with van der Waals surface area (Å²) in [4.78, 5) is 1.18. The minimum atomic E-state index is -3.55. The molecule has 1 heterocycles. The monoisotopic (exact) mass is 356 g/mol. The number of sulfonamides is 1. The van der Waals surface area contributed by atoms with Gasteiger partial charge in [0, 0.05) is 11.9 Å². The lowest BCUT2D eigenvalue weighted by Crippen LogP contribution is -2.42. The second kappa shape index (κ2) is 5.31. The van der Waals surface area contributed by atoms with Gasteiger partial charge in [-0.25, -0.2) is 8.42 Å². The molecule has 0 saturated carbocycles. The molecule has 0 aliphatic rings. The fourth-order valence-electron chi connectivity index (χ4n) is 1.23. The summed E-state index contributed by atoms with van der Waals surface area (Å²) in [7, 11) is -2.07. The molecule has 17 heavy (non-hydrogen) atoms. The maximum absolute atomic E-state index is 12.3. The molecular weight excluding hydrogens is 344 g/mol. The van der Waals surface area contributed by atoms with E-state index in [9.17, 15) is 8.42 Å². The van der Waals surface area contributed by atoms with E-state index in [0.717, 1.165) is 8.66 Å². The zero-order valence-corrected chi connectivity index (χ0v) is 13.6. The molecule has 0 bridgehead atoms. The molecule has 8 heteroatoms. The largest absolute Gasteiger partial charge is 0.392 e. The highest BCUT2D eigenvalue weighted by atomic mass is 79.9. The predicted molar refractivity (Wildman–Crippen MR) is 78.0 cm³/mol. The first kappa shape index (κ1) is 15.0. The van der Waals surface area contributed by atoms with Crippen LogP contribution in [0.4, 0.5) is 0 Å². The molecule has 96 valence electrons. The number of thiophene rings is 1. The number of aryl methyl sites for hydroxylation is 1. The van der Waals surface area contributed by atoms with E-state index in [0.29, 0.717) is 4.90 Å². The van der Waals surface area contributed by atoms with Gasteiger partial charge in [0.15, 0.2) is 0 Å². The van der Waals surface area contributed by atoms with Crippen molar-refractivity contribution in [3.05, 3.63) is 14.7 Å². The van der Waals surface area contributed by atoms with E-state index in [-0.39, 0.29) is 4.99 Å². The molecule has 0 amide bonds. The second-order valence-electron chi connectivity index (χ2n) is 3.57. The van der Waals surface area contributed by atoms with Gasteiger partial charge in [0.2, 0.25) is 10.0 Å². The topological polar surface area (TPSA) is 63.4 Å². The van der Waals surface area contributed by atoms with Gasteiger partial charge < -0.3 is 5.73 Å². The molecule has 0 aliphatic heterocycles. The Kier molecular flexibility index (Phi) is 4.70. The first-order valence-electron chi connectivity index (χ1n) is 4.71. The third-order valence-corrected chi connectivity index (χ3v) is 6.53. The molecule has 0 saturated heterocycles. The number of nitrogens with zero attached hydrogens (tertiary/aromatic N) is 1. The van der Waals surface area contributed by atoms with E-state index in [4.69, 9.17) is 18.0 Å². The SMILES string of the molecule is Cc1sc(Br)cc1S(=O)(=O)N(C)C(C)C(N)=S. The first-order chi connectivity index (χ1) is 7.67. The molecule has 0 radical (unpaired) electrons. The van der Waals surface area contributed by atoms with Crippen LogP contribution >= 0.6 is 39.5 Å². The van der Waals surface area contributed by atoms with E-state index < -0.39 is 16.1 Å². The van der Waals surface area contributed by atoms with Crippen LogP contribution in [-0.4, -0.2) is 30.8 Å². The average Bonchev–Trinajstić information content (AvgIpc) is 2.56. The number of thiocarbonyl (C=S) groups is 1. The van der Waals surface area contributed by atoms with Crippen LogP contribution in [0.2, 0.25) is 0 Å². The molecule has 4 nitrogen and oxygen atoms in total. The van der Waals surface area contributed by atoms with Crippen molar-refractivity contribution in [2.75, 3.05) is 7.05 Å². The van der Waals surface area contributed by atoms with E-state index in [1.54, 1.807) is 19.9 Å². The highest BCUT2D eigenvalue weighted by Crippen LogP contribution is 2.31. The van der Waals surface area contributed by atoms with Crippen molar-refractivity contribution < 1.29 is 8.42 Å². The number of rotatable bonds is 4. The summed E-state index contributed by atoms with van der Waals surface area (Å²) in [6.07, 6.45) is 0. The van der Waals surface area contributed by atoms with Crippen molar-refractivity contribution in [1.82, 2.24) is 4.31 Å². The van der Waals surface area contributed by atoms with Crippen LogP contribution < -0.4 is 5.73 Å². The number of halogens is 1. The maximum Gasteiger partial charge on any atom is 0.244 e. The van der Waals surface area contributed by atoms with Crippen LogP contribution in [0.25, 0.3) is 0 Å². The van der Waals surface area contributed by atoms with Crippen molar-refractivity contribution >= 4 is 54.5 Å². The van der Waals surface area contributed by atoms with Crippen molar-refractivity contribution in [3.63, 3.8) is 0 Å². The smallest absolute Gasteiger partial charge is 0.244 e. The lowest BCUT2D eigenvalue weighted by atomic mass is 10.3. The van der Waals surface area contributed by atoms with Gasteiger partial charge in [-0.3, -0.25) is 0 Å². The van der Waals surface area contributed by atoms with Gasteiger partial charge in [-0.1, -0.05) is 12.2 Å². The fraction of sp³-hybridized carbons (Fsp3) is 0.444. The van der Waals surface area contributed by atoms with Crippen LogP contribution in [0.1, 0.15) is 11.8 Å². The van der Waals surface area contributed by atoms with Crippen LogP contribution in [0.3, 0.4) is 0 Å². The Morgan fingerprint density at radius 3 is 2.53 bits per heavy atom. The minimum Gasteiger partial charge on any atom is -0.392 e. The summed E-state index contributed by atoms with van der Waals surface area (Å²) in [5, 5.41) is 0. The van der Waals surface area contributed by atoms with Gasteiger partial charge >= 0.3 is 0 Å². The van der Waals surface area contributed by atoms with Crippen LogP contribution in [0, 0.1) is 6.92 Å². The average molecular weight is 357 g/mol. The fourth-order valence-corrected chi connectivity index (χ4v) is 5.18. The zero-order chi connectivity index (χ0) is 13.4. The summed E-state index contributed by atoms with van der Waals surface area (Å²) in [6, 6.07) is 1.09. The Bertz CT molecular complexity index is 538. The van der Waals surface area contributed by atoms with Gasteiger partial charge in [-0.15, -0.1) is 11.3 Å². The van der Waals surface area contributed by atoms with Crippen molar-refractivity contribution in [2.45, 2.75) is 24.8 Å². The quantitative estimate of drug-likeness (QED) is 0.839. The summed E-state index contributed by atoms with van der Waals surface area (Å²) in [5.41, 5.74) is 5.47. The molecule has 0 aliphatic carbocycles. The first-order valence-corrected chi connectivity index (χ1v) is 8.17. The van der Waals surface area contributed by atoms with Crippen molar-refractivity contribution in [1.29, 1.82) is 0 Å². The summed E-state index contributed by atoms with van der Waals surface area (Å²) in [6.45, 7) is 3.43. The number of hydrogen-bond donors (Lipinski definition) is 1. The predicted octanol–water partition coefficient (Wildman–Crippen LogP) is 2.11. The molecule has 2 N–H and O–H groups in total. The summed E-state index contributed by atoms with van der Waals surface area (Å²) >= 11 is 9.47. The Labute approximate surface area is 119 Å². The lowest BCUT2D eigenvalue weighted by molar-refractivity contribution is 0.451. The Balaban J connectivity index is 3.20. The molecule has 1 unspecified atom stereocenters. The van der Waals surface area contributed by atoms with E-state index in [1.165, 1.54) is 22.7 Å². The Morgan fingerprint density at radius 2 is 2.18 bits per heavy atom. The molecule has 1 aromatic heterocycles. The normalized spacial score (nSPS) is 13.9. The molecule has 0 aromatic carbocycles. The molecular formula is C9H13BrN2O2S3. The third kappa shape index (κ3) is 3.05. The molecule has 1 atom stereocenters. The maximum atomic E-state index is 12.3. The summed E-state index contributed by atoms with van der Waals surface area (Å²) in [5.74, 6) is 0. The van der Waals surface area contributed by atoms with Gasteiger partial charge in [-0.2, -0.15) is 4.31 Å². The lowest BCUT2D eigenvalue weighted by Gasteiger charge is -2.23. The van der Waals surface area contributed by atoms with Gasteiger partial charge in [0.05, 0.1) is 19.7 Å². The second-order valence-corrected chi connectivity index (χ2v) is 8.64. The zero-order valence-electron chi connectivity index (χ0n) is 9.60. The molecule has 0 fully saturated rings. The van der Waals surface area contributed by atoms with E-state index in [2.05, 4.69) is 15.9 Å². The van der Waals surface area contributed by atoms with Crippen LogP contribution in [-0.2, 0) is 10.0 Å². The van der Waals surface area contributed by atoms with Gasteiger partial charge in [-0.05, 0) is 35.8 Å². The highest BCUT2D eigenvalue weighted by Gasteiger charge is 2.29. The number of nitrogens with two attached hydrogens (primary N) is 1. The van der Waals surface area contributed by atoms with E-state index in [1.807, 2.05) is 0 Å². The molecule has 1 rings (SSSR count). The number of hydrogen-bond acceptors (Lipinski definition) is 4. The Hall–Kier alpha value is -0.0200. The standard InChI is InChI=1S/C9H13BrN2O2S3/c1-5(9(11)15)12(3)17(13,14)7-4-8(10)16-6(7)2/h4-5H,1-3H3,(H2,11,15). The van der Waals surface area contributed by atoms with Crippen molar-refractivity contribution in [2.24, 2.45) is 5.73 Å². The highest BCUT2D eigenvalue weighted by molar-refractivity contribution is 9.11. The Morgan fingerprint density at radius 1 is 1.65 bits per heavy atom. The minimum absolute atomic E-state index is 0.156. The van der Waals surface area contributed by atoms with Gasteiger partial charge in [0.1, 0.15) is 0 Å². The molecule has 0 spiro atoms. The van der Waals surface area contributed by atoms with Crippen LogP contribution in [0.15, 0.2) is 14.7 Å². The van der Waals surface area contributed by atoms with Gasteiger partial charge in [0.25, 0.3) is 0 Å². The van der Waals surface area contributed by atoms with Crippen molar-refractivity contribution in [3.8, 4) is 0 Å². The number of likely N-dealkylation sites (N-methyl/N-ethyl adjacent to an activating group) is 1. The molecule has 1 aromatic rings.